The zero-order valence-corrected chi connectivity index (χ0v) is 13.0. The monoisotopic (exact) mass is 297 g/mol. The van der Waals surface area contributed by atoms with E-state index in [1.807, 2.05) is 55.5 Å². The molecule has 116 valence electrons. The lowest BCUT2D eigenvalue weighted by Gasteiger charge is -2.14. The molecule has 1 aromatic heterocycles. The summed E-state index contributed by atoms with van der Waals surface area (Å²) in [6.07, 6.45) is 3.16. The predicted molar refractivity (Wildman–Crippen MR) is 88.4 cm³/mol. The maximum absolute atomic E-state index is 11.9. The molecular weight excluding hydrogens is 274 g/mol. The second-order valence-electron chi connectivity index (χ2n) is 5.27. The highest BCUT2D eigenvalue weighted by Crippen LogP contribution is 2.10. The zero-order valence-electron chi connectivity index (χ0n) is 13.0. The Labute approximate surface area is 132 Å². The molecule has 4 heteroatoms. The van der Waals surface area contributed by atoms with Gasteiger partial charge in [-0.1, -0.05) is 36.4 Å². The van der Waals surface area contributed by atoms with Gasteiger partial charge >= 0.3 is 0 Å². The molecular formula is C18H23N3O. The van der Waals surface area contributed by atoms with Crippen molar-refractivity contribution in [2.24, 2.45) is 0 Å². The second kappa shape index (κ2) is 8.95. The lowest BCUT2D eigenvalue weighted by atomic mass is 10.1. The van der Waals surface area contributed by atoms with Crippen LogP contribution in [0.15, 0.2) is 54.7 Å². The highest BCUT2D eigenvalue weighted by atomic mass is 16.1. The van der Waals surface area contributed by atoms with Gasteiger partial charge < -0.3 is 10.6 Å². The molecule has 0 aliphatic rings. The van der Waals surface area contributed by atoms with Crippen LogP contribution in [0.25, 0.3) is 0 Å². The van der Waals surface area contributed by atoms with E-state index in [9.17, 15) is 4.79 Å². The Morgan fingerprint density at radius 2 is 1.86 bits per heavy atom. The predicted octanol–water partition coefficient (Wildman–Crippen LogP) is 2.48. The van der Waals surface area contributed by atoms with Gasteiger partial charge in [-0.15, -0.1) is 0 Å². The first-order valence-electron chi connectivity index (χ1n) is 7.70. The third-order valence-electron chi connectivity index (χ3n) is 3.49. The third kappa shape index (κ3) is 5.66. The van der Waals surface area contributed by atoms with E-state index >= 15 is 0 Å². The molecule has 4 nitrogen and oxygen atoms in total. The maximum Gasteiger partial charge on any atom is 0.221 e. The summed E-state index contributed by atoms with van der Waals surface area (Å²) in [5.41, 5.74) is 2.19. The van der Waals surface area contributed by atoms with Gasteiger partial charge in [-0.3, -0.25) is 9.78 Å². The van der Waals surface area contributed by atoms with E-state index in [4.69, 9.17) is 0 Å². The van der Waals surface area contributed by atoms with Crippen molar-refractivity contribution in [3.63, 3.8) is 0 Å². The molecule has 0 saturated heterocycles. The van der Waals surface area contributed by atoms with Gasteiger partial charge in [0.2, 0.25) is 5.91 Å². The number of nitrogens with zero attached hydrogens (tertiary/aromatic N) is 1. The molecule has 0 aliphatic carbocycles. The van der Waals surface area contributed by atoms with Crippen molar-refractivity contribution in [3.05, 3.63) is 66.0 Å². The standard InChI is InChI=1S/C18H23N3O/c1-15(16-7-3-2-4-8-16)21-18(22)11-14-19-13-10-17-9-5-6-12-20-17/h2-9,12,15,19H,10-11,13-14H2,1H3,(H,21,22). The van der Waals surface area contributed by atoms with Crippen molar-refractivity contribution in [1.29, 1.82) is 0 Å². The number of benzene rings is 1. The molecule has 0 radical (unpaired) electrons. The molecule has 2 rings (SSSR count). The molecule has 22 heavy (non-hydrogen) atoms. The molecule has 1 amide bonds. The lowest BCUT2D eigenvalue weighted by molar-refractivity contribution is -0.121. The second-order valence-corrected chi connectivity index (χ2v) is 5.27. The van der Waals surface area contributed by atoms with Gasteiger partial charge in [0.05, 0.1) is 6.04 Å². The van der Waals surface area contributed by atoms with Crippen LogP contribution in [0, 0.1) is 0 Å². The molecule has 1 atom stereocenters. The topological polar surface area (TPSA) is 54.0 Å². The number of hydrogen-bond donors (Lipinski definition) is 2. The number of amides is 1. The Balaban J connectivity index is 1.60. The maximum atomic E-state index is 11.9. The number of nitrogens with one attached hydrogen (secondary N) is 2. The van der Waals surface area contributed by atoms with Gasteiger partial charge in [-0.05, 0) is 24.6 Å². The van der Waals surface area contributed by atoms with Gasteiger partial charge in [0.25, 0.3) is 0 Å². The highest BCUT2D eigenvalue weighted by Gasteiger charge is 2.08. The van der Waals surface area contributed by atoms with E-state index in [-0.39, 0.29) is 11.9 Å². The van der Waals surface area contributed by atoms with Crippen LogP contribution in [0.2, 0.25) is 0 Å². The Kier molecular flexibility index (Phi) is 6.58. The summed E-state index contributed by atoms with van der Waals surface area (Å²) >= 11 is 0. The summed E-state index contributed by atoms with van der Waals surface area (Å²) in [5, 5.41) is 6.29. The molecule has 1 unspecified atom stereocenters. The summed E-state index contributed by atoms with van der Waals surface area (Å²) in [6, 6.07) is 15.9. The van der Waals surface area contributed by atoms with Crippen LogP contribution in [0.3, 0.4) is 0 Å². The highest BCUT2D eigenvalue weighted by molar-refractivity contribution is 5.76. The van der Waals surface area contributed by atoms with Crippen molar-refractivity contribution >= 4 is 5.91 Å². The normalized spacial score (nSPS) is 11.9. The quantitative estimate of drug-likeness (QED) is 0.736. The summed E-state index contributed by atoms with van der Waals surface area (Å²) in [7, 11) is 0. The fraction of sp³-hybridized carbons (Fsp3) is 0.333. The molecule has 0 spiro atoms. The van der Waals surface area contributed by atoms with Crippen molar-refractivity contribution in [2.75, 3.05) is 13.1 Å². The van der Waals surface area contributed by atoms with E-state index in [1.165, 1.54) is 0 Å². The summed E-state index contributed by atoms with van der Waals surface area (Å²) < 4.78 is 0. The number of rotatable bonds is 8. The van der Waals surface area contributed by atoms with Crippen LogP contribution in [-0.2, 0) is 11.2 Å². The van der Waals surface area contributed by atoms with E-state index in [2.05, 4.69) is 15.6 Å². The van der Waals surface area contributed by atoms with Crippen LogP contribution in [0.4, 0.5) is 0 Å². The molecule has 0 aliphatic heterocycles. The third-order valence-corrected chi connectivity index (χ3v) is 3.49. The van der Waals surface area contributed by atoms with Crippen LogP contribution >= 0.6 is 0 Å². The van der Waals surface area contributed by atoms with Gasteiger partial charge in [0, 0.05) is 37.8 Å². The molecule has 0 bridgehead atoms. The molecule has 2 N–H and O–H groups in total. The molecule has 2 aromatic rings. The van der Waals surface area contributed by atoms with Gasteiger partial charge in [0.1, 0.15) is 0 Å². The number of aromatic nitrogens is 1. The van der Waals surface area contributed by atoms with Crippen LogP contribution in [-0.4, -0.2) is 24.0 Å². The molecule has 0 saturated carbocycles. The van der Waals surface area contributed by atoms with Crippen LogP contribution in [0.1, 0.15) is 30.6 Å². The van der Waals surface area contributed by atoms with Crippen molar-refractivity contribution in [1.82, 2.24) is 15.6 Å². The average Bonchev–Trinajstić information content (AvgIpc) is 2.56. The van der Waals surface area contributed by atoms with E-state index in [0.717, 1.165) is 24.2 Å². The molecule has 1 heterocycles. The van der Waals surface area contributed by atoms with E-state index in [1.54, 1.807) is 6.20 Å². The smallest absolute Gasteiger partial charge is 0.221 e. The summed E-state index contributed by atoms with van der Waals surface area (Å²) in [4.78, 5) is 16.2. The zero-order chi connectivity index (χ0) is 15.6. The van der Waals surface area contributed by atoms with Crippen molar-refractivity contribution < 1.29 is 4.79 Å². The largest absolute Gasteiger partial charge is 0.350 e. The minimum absolute atomic E-state index is 0.0437. The van der Waals surface area contributed by atoms with E-state index < -0.39 is 0 Å². The number of carbonyl (C=O) groups is 1. The van der Waals surface area contributed by atoms with E-state index in [0.29, 0.717) is 13.0 Å². The Morgan fingerprint density at radius 3 is 2.59 bits per heavy atom. The lowest BCUT2D eigenvalue weighted by Crippen LogP contribution is -2.30. The SMILES string of the molecule is CC(NC(=O)CCNCCc1ccccn1)c1ccccc1. The Hall–Kier alpha value is -2.20. The van der Waals surface area contributed by atoms with Crippen LogP contribution < -0.4 is 10.6 Å². The fourth-order valence-corrected chi connectivity index (χ4v) is 2.23. The number of carbonyl (C=O) groups excluding carboxylic acids is 1. The summed E-state index contributed by atoms with van der Waals surface area (Å²) in [5.74, 6) is 0.0710. The number of pyridine rings is 1. The average molecular weight is 297 g/mol. The molecule has 1 aromatic carbocycles. The first-order valence-corrected chi connectivity index (χ1v) is 7.70. The Morgan fingerprint density at radius 1 is 1.09 bits per heavy atom. The minimum atomic E-state index is 0.0437. The number of hydrogen-bond acceptors (Lipinski definition) is 3. The first kappa shape index (κ1) is 16.2. The summed E-state index contributed by atoms with van der Waals surface area (Å²) in [6.45, 7) is 3.51. The van der Waals surface area contributed by atoms with Crippen molar-refractivity contribution in [2.45, 2.75) is 25.8 Å². The molecule has 0 fully saturated rings. The first-order chi connectivity index (χ1) is 10.8. The van der Waals surface area contributed by atoms with Crippen LogP contribution in [0.5, 0.6) is 0 Å². The van der Waals surface area contributed by atoms with Crippen molar-refractivity contribution in [3.8, 4) is 0 Å². The van der Waals surface area contributed by atoms with Gasteiger partial charge in [0.15, 0.2) is 0 Å². The fourth-order valence-electron chi connectivity index (χ4n) is 2.23. The minimum Gasteiger partial charge on any atom is -0.350 e. The Bertz CT molecular complexity index is 557. The van der Waals surface area contributed by atoms with Gasteiger partial charge in [-0.2, -0.15) is 0 Å². The van der Waals surface area contributed by atoms with Gasteiger partial charge in [-0.25, -0.2) is 0 Å².